The average Bonchev–Trinajstić information content (AvgIpc) is 2.29. The lowest BCUT2D eigenvalue weighted by Crippen LogP contribution is -2.24. The van der Waals surface area contributed by atoms with Crippen molar-refractivity contribution in [2.75, 3.05) is 11.9 Å². The fourth-order valence-corrected chi connectivity index (χ4v) is 2.66. The summed E-state index contributed by atoms with van der Waals surface area (Å²) in [6.45, 7) is 5.05. The number of nitrogens with one attached hydrogen (secondary N) is 2. The van der Waals surface area contributed by atoms with Gasteiger partial charge in [0.15, 0.2) is 0 Å². The van der Waals surface area contributed by atoms with Crippen LogP contribution in [0.15, 0.2) is 27.1 Å². The molecule has 0 radical (unpaired) electrons. The van der Waals surface area contributed by atoms with Gasteiger partial charge in [0.25, 0.3) is 0 Å². The highest BCUT2D eigenvalue weighted by atomic mass is 79.9. The summed E-state index contributed by atoms with van der Waals surface area (Å²) in [6, 6.07) is 6.18. The van der Waals surface area contributed by atoms with Crippen molar-refractivity contribution in [3.8, 4) is 0 Å². The lowest BCUT2D eigenvalue weighted by atomic mass is 10.2. The van der Waals surface area contributed by atoms with E-state index in [2.05, 4.69) is 56.3 Å². The molecule has 0 aliphatic carbocycles. The predicted octanol–water partition coefficient (Wildman–Crippen LogP) is 3.93. The second-order valence-electron chi connectivity index (χ2n) is 4.36. The maximum Gasteiger partial charge on any atom is 0.224 e. The van der Waals surface area contributed by atoms with Gasteiger partial charge in [0.05, 0.1) is 5.69 Å². The Labute approximate surface area is 125 Å². The normalized spacial score (nSPS) is 10.7. The molecule has 0 aromatic heterocycles. The molecule has 1 rings (SSSR count). The summed E-state index contributed by atoms with van der Waals surface area (Å²) < 4.78 is 1.76. The van der Waals surface area contributed by atoms with Gasteiger partial charge in [-0.1, -0.05) is 19.9 Å². The molecule has 0 aliphatic rings. The van der Waals surface area contributed by atoms with Gasteiger partial charge in [0.2, 0.25) is 5.91 Å². The number of amides is 1. The predicted molar refractivity (Wildman–Crippen MR) is 82.8 cm³/mol. The minimum atomic E-state index is 0.0353. The molecule has 1 aromatic carbocycles. The third-order valence-corrected chi connectivity index (χ3v) is 3.68. The van der Waals surface area contributed by atoms with Crippen LogP contribution >= 0.6 is 31.9 Å². The highest BCUT2D eigenvalue weighted by Crippen LogP contribution is 2.30. The van der Waals surface area contributed by atoms with Gasteiger partial charge in [0, 0.05) is 21.4 Å². The summed E-state index contributed by atoms with van der Waals surface area (Å²) in [5.74, 6) is 0.0353. The SMILES string of the molecule is CC(C)NCCCC(=O)Nc1c(Br)cccc1Br. The molecule has 3 nitrogen and oxygen atoms in total. The first-order chi connectivity index (χ1) is 8.50. The van der Waals surface area contributed by atoms with E-state index in [-0.39, 0.29) is 5.91 Å². The third-order valence-electron chi connectivity index (χ3n) is 2.36. The number of para-hydroxylation sites is 1. The van der Waals surface area contributed by atoms with Gasteiger partial charge in [-0.05, 0) is 57.0 Å². The molecule has 100 valence electrons. The van der Waals surface area contributed by atoms with Gasteiger partial charge in [-0.25, -0.2) is 0 Å². The molecule has 1 amide bonds. The third kappa shape index (κ3) is 5.50. The van der Waals surface area contributed by atoms with E-state index in [0.717, 1.165) is 27.6 Å². The molecule has 2 N–H and O–H groups in total. The Hall–Kier alpha value is -0.390. The van der Waals surface area contributed by atoms with E-state index in [1.165, 1.54) is 0 Å². The van der Waals surface area contributed by atoms with Crippen LogP contribution < -0.4 is 10.6 Å². The van der Waals surface area contributed by atoms with Crippen molar-refractivity contribution in [2.45, 2.75) is 32.7 Å². The Kier molecular flexibility index (Phi) is 6.89. The van der Waals surface area contributed by atoms with E-state index in [0.29, 0.717) is 12.5 Å². The summed E-state index contributed by atoms with van der Waals surface area (Å²) in [5.41, 5.74) is 0.791. The minimum Gasteiger partial charge on any atom is -0.324 e. The summed E-state index contributed by atoms with van der Waals surface area (Å²) in [5, 5.41) is 6.20. The molecule has 1 aromatic rings. The van der Waals surface area contributed by atoms with Crippen LogP contribution in [0.1, 0.15) is 26.7 Å². The largest absolute Gasteiger partial charge is 0.324 e. The quantitative estimate of drug-likeness (QED) is 0.737. The number of halogens is 2. The van der Waals surface area contributed by atoms with Crippen molar-refractivity contribution in [1.29, 1.82) is 0 Å². The molecule has 5 heteroatoms. The number of rotatable bonds is 6. The molecule has 0 heterocycles. The van der Waals surface area contributed by atoms with Crippen LogP contribution in [0.4, 0.5) is 5.69 Å². The minimum absolute atomic E-state index is 0.0353. The number of hydrogen-bond acceptors (Lipinski definition) is 2. The van der Waals surface area contributed by atoms with E-state index < -0.39 is 0 Å². The van der Waals surface area contributed by atoms with Crippen molar-refractivity contribution in [1.82, 2.24) is 5.32 Å². The van der Waals surface area contributed by atoms with E-state index in [9.17, 15) is 4.79 Å². The van der Waals surface area contributed by atoms with Crippen molar-refractivity contribution in [3.05, 3.63) is 27.1 Å². The monoisotopic (exact) mass is 376 g/mol. The molecule has 0 bridgehead atoms. The summed E-state index contributed by atoms with van der Waals surface area (Å²) in [6.07, 6.45) is 1.36. The van der Waals surface area contributed by atoms with Gasteiger partial charge in [-0.2, -0.15) is 0 Å². The molecular formula is C13H18Br2N2O. The first-order valence-corrected chi connectivity index (χ1v) is 7.56. The Bertz CT molecular complexity index is 388. The van der Waals surface area contributed by atoms with Gasteiger partial charge in [-0.15, -0.1) is 0 Å². The number of carbonyl (C=O) groups is 1. The summed E-state index contributed by atoms with van der Waals surface area (Å²) >= 11 is 6.84. The first-order valence-electron chi connectivity index (χ1n) is 5.98. The zero-order valence-electron chi connectivity index (χ0n) is 10.6. The Balaban J connectivity index is 2.40. The van der Waals surface area contributed by atoms with Crippen LogP contribution in [-0.4, -0.2) is 18.5 Å². The van der Waals surface area contributed by atoms with E-state index in [1.807, 2.05) is 18.2 Å². The molecule has 0 fully saturated rings. The standard InChI is InChI=1S/C13H18Br2N2O/c1-9(2)16-8-4-7-12(18)17-13-10(14)5-3-6-11(13)15/h3,5-6,9,16H,4,7-8H2,1-2H3,(H,17,18). The maximum atomic E-state index is 11.8. The molecule has 0 atom stereocenters. The van der Waals surface area contributed by atoms with Crippen molar-refractivity contribution in [3.63, 3.8) is 0 Å². The molecule has 0 saturated carbocycles. The molecule has 0 saturated heterocycles. The maximum absolute atomic E-state index is 11.8. The highest BCUT2D eigenvalue weighted by Gasteiger charge is 2.08. The first kappa shape index (κ1) is 15.7. The number of hydrogen-bond donors (Lipinski definition) is 2. The van der Waals surface area contributed by atoms with E-state index >= 15 is 0 Å². The van der Waals surface area contributed by atoms with Crippen LogP contribution in [0.2, 0.25) is 0 Å². The van der Waals surface area contributed by atoms with Crippen molar-refractivity contribution in [2.24, 2.45) is 0 Å². The Morgan fingerprint density at radius 1 is 1.28 bits per heavy atom. The van der Waals surface area contributed by atoms with Gasteiger partial charge in [0.1, 0.15) is 0 Å². The zero-order chi connectivity index (χ0) is 13.5. The van der Waals surface area contributed by atoms with Crippen molar-refractivity contribution < 1.29 is 4.79 Å². The lowest BCUT2D eigenvalue weighted by molar-refractivity contribution is -0.116. The molecule has 0 unspecified atom stereocenters. The van der Waals surface area contributed by atoms with Crippen LogP contribution in [0, 0.1) is 0 Å². The summed E-state index contributed by atoms with van der Waals surface area (Å²) in [4.78, 5) is 11.8. The Morgan fingerprint density at radius 3 is 2.44 bits per heavy atom. The zero-order valence-corrected chi connectivity index (χ0v) is 13.8. The second-order valence-corrected chi connectivity index (χ2v) is 6.07. The number of anilines is 1. The fraction of sp³-hybridized carbons (Fsp3) is 0.462. The van der Waals surface area contributed by atoms with E-state index in [1.54, 1.807) is 0 Å². The molecule has 0 aliphatic heterocycles. The average molecular weight is 378 g/mol. The Morgan fingerprint density at radius 2 is 1.89 bits per heavy atom. The smallest absolute Gasteiger partial charge is 0.224 e. The fourth-order valence-electron chi connectivity index (χ4n) is 1.46. The second kappa shape index (κ2) is 7.92. The van der Waals surface area contributed by atoms with Gasteiger partial charge in [-0.3, -0.25) is 4.79 Å². The summed E-state index contributed by atoms with van der Waals surface area (Å²) in [7, 11) is 0. The highest BCUT2D eigenvalue weighted by molar-refractivity contribution is 9.11. The number of carbonyl (C=O) groups excluding carboxylic acids is 1. The number of benzene rings is 1. The van der Waals surface area contributed by atoms with Gasteiger partial charge < -0.3 is 10.6 Å². The van der Waals surface area contributed by atoms with Crippen LogP contribution in [0.5, 0.6) is 0 Å². The molecular weight excluding hydrogens is 360 g/mol. The van der Waals surface area contributed by atoms with E-state index in [4.69, 9.17) is 0 Å². The topological polar surface area (TPSA) is 41.1 Å². The molecule has 18 heavy (non-hydrogen) atoms. The van der Waals surface area contributed by atoms with Crippen molar-refractivity contribution >= 4 is 43.5 Å². The van der Waals surface area contributed by atoms with Crippen LogP contribution in [-0.2, 0) is 4.79 Å². The van der Waals surface area contributed by atoms with Gasteiger partial charge >= 0.3 is 0 Å². The molecule has 0 spiro atoms. The van der Waals surface area contributed by atoms with Crippen LogP contribution in [0.25, 0.3) is 0 Å². The van der Waals surface area contributed by atoms with Crippen LogP contribution in [0.3, 0.4) is 0 Å². The lowest BCUT2D eigenvalue weighted by Gasteiger charge is -2.10.